The number of hydrogen-bond donors (Lipinski definition) is 2. The van der Waals surface area contributed by atoms with Gasteiger partial charge in [0.15, 0.2) is 0 Å². The topological polar surface area (TPSA) is 104 Å². The van der Waals surface area contributed by atoms with Crippen LogP contribution in [0.4, 0.5) is 5.69 Å². The summed E-state index contributed by atoms with van der Waals surface area (Å²) in [6.45, 7) is 2.02. The largest absolute Gasteiger partial charge is 0.507 e. The molecule has 0 aliphatic carbocycles. The van der Waals surface area contributed by atoms with Crippen LogP contribution in [0, 0.1) is 0 Å². The highest BCUT2D eigenvalue weighted by Gasteiger charge is 2.47. The minimum atomic E-state index is -0.975. The van der Waals surface area contributed by atoms with E-state index < -0.39 is 23.7 Å². The van der Waals surface area contributed by atoms with Crippen molar-refractivity contribution < 1.29 is 29.3 Å². The third kappa shape index (κ3) is 4.70. The van der Waals surface area contributed by atoms with Crippen LogP contribution in [0.3, 0.4) is 0 Å². The van der Waals surface area contributed by atoms with Crippen LogP contribution in [0.25, 0.3) is 5.76 Å². The van der Waals surface area contributed by atoms with E-state index in [1.807, 2.05) is 31.2 Å². The third-order valence-corrected chi connectivity index (χ3v) is 6.44. The van der Waals surface area contributed by atoms with Crippen molar-refractivity contribution in [1.29, 1.82) is 0 Å². The first-order valence-electron chi connectivity index (χ1n) is 11.3. The molecule has 1 unspecified atom stereocenters. The predicted molar refractivity (Wildman–Crippen MR) is 136 cm³/mol. The van der Waals surface area contributed by atoms with Gasteiger partial charge in [-0.1, -0.05) is 54.9 Å². The number of benzene rings is 3. The molecule has 2 N–H and O–H groups in total. The van der Waals surface area contributed by atoms with Crippen LogP contribution in [0.5, 0.6) is 5.75 Å². The highest BCUT2D eigenvalue weighted by Crippen LogP contribution is 2.42. The van der Waals surface area contributed by atoms with E-state index in [4.69, 9.17) is 21.4 Å². The Kier molecular flexibility index (Phi) is 7.12. The molecular formula is C28H24ClNO6. The Morgan fingerprint density at radius 2 is 1.61 bits per heavy atom. The first kappa shape index (κ1) is 25.0. The zero-order chi connectivity index (χ0) is 26.0. The summed E-state index contributed by atoms with van der Waals surface area (Å²) < 4.78 is 5.17. The zero-order valence-corrected chi connectivity index (χ0v) is 20.5. The van der Waals surface area contributed by atoms with Gasteiger partial charge < -0.3 is 14.9 Å². The number of aryl methyl sites for hydroxylation is 1. The van der Waals surface area contributed by atoms with Gasteiger partial charge >= 0.3 is 5.97 Å². The van der Waals surface area contributed by atoms with E-state index >= 15 is 0 Å². The molecule has 3 aromatic rings. The van der Waals surface area contributed by atoms with Crippen LogP contribution in [-0.4, -0.2) is 35.0 Å². The molecule has 3 aromatic carbocycles. The summed E-state index contributed by atoms with van der Waals surface area (Å²) in [5, 5.41) is 20.6. The minimum Gasteiger partial charge on any atom is -0.507 e. The van der Waals surface area contributed by atoms with E-state index in [2.05, 4.69) is 0 Å². The van der Waals surface area contributed by atoms with Crippen molar-refractivity contribution in [2.45, 2.75) is 25.8 Å². The van der Waals surface area contributed by atoms with Crippen molar-refractivity contribution in [3.8, 4) is 5.75 Å². The number of amides is 1. The zero-order valence-electron chi connectivity index (χ0n) is 19.7. The van der Waals surface area contributed by atoms with Crippen molar-refractivity contribution >= 4 is 40.7 Å². The molecule has 1 aliphatic rings. The summed E-state index contributed by atoms with van der Waals surface area (Å²) in [4.78, 5) is 38.9. The molecule has 36 heavy (non-hydrogen) atoms. The van der Waals surface area contributed by atoms with Gasteiger partial charge in [0.25, 0.3) is 11.7 Å². The van der Waals surface area contributed by atoms with E-state index in [0.717, 1.165) is 12.0 Å². The normalized spacial score (nSPS) is 16.9. The van der Waals surface area contributed by atoms with Crippen LogP contribution in [-0.2, 0) is 27.2 Å². The number of Topliss-reactive ketones (excluding diaryl/α,β-unsaturated/α-hetero) is 1. The lowest BCUT2D eigenvalue weighted by Gasteiger charge is -2.26. The Balaban J connectivity index is 1.87. The second-order valence-electron chi connectivity index (χ2n) is 8.35. The van der Waals surface area contributed by atoms with Crippen molar-refractivity contribution in [1.82, 2.24) is 0 Å². The molecule has 0 aromatic heterocycles. The average Bonchev–Trinajstić information content (AvgIpc) is 3.14. The Morgan fingerprint density at radius 1 is 0.972 bits per heavy atom. The first-order chi connectivity index (χ1) is 17.2. The molecule has 4 rings (SSSR count). The lowest BCUT2D eigenvalue weighted by atomic mass is 9.94. The maximum absolute atomic E-state index is 13.3. The molecule has 7 nitrogen and oxygen atoms in total. The Hall–Kier alpha value is -4.10. The summed E-state index contributed by atoms with van der Waals surface area (Å²) in [6.07, 6.45) is 0.648. The number of aliphatic hydroxyl groups excluding tert-OH is 1. The Bertz CT molecular complexity index is 1360. The summed E-state index contributed by atoms with van der Waals surface area (Å²) in [7, 11) is 1.47. The van der Waals surface area contributed by atoms with Gasteiger partial charge in [0.2, 0.25) is 0 Å². The summed E-state index contributed by atoms with van der Waals surface area (Å²) in [6, 6.07) is 17.6. The minimum absolute atomic E-state index is 0.0694. The van der Waals surface area contributed by atoms with Crippen molar-refractivity contribution in [2.24, 2.45) is 0 Å². The average molecular weight is 506 g/mol. The lowest BCUT2D eigenvalue weighted by molar-refractivity contribution is -0.136. The van der Waals surface area contributed by atoms with Crippen molar-refractivity contribution in [3.05, 3.63) is 99.6 Å². The van der Waals surface area contributed by atoms with Crippen molar-refractivity contribution in [2.75, 3.05) is 12.0 Å². The molecule has 1 aliphatic heterocycles. The number of carboxylic acids is 1. The number of carbonyl (C=O) groups is 3. The summed E-state index contributed by atoms with van der Waals surface area (Å²) in [5.74, 6) is -2.56. The fourth-order valence-corrected chi connectivity index (χ4v) is 4.53. The molecule has 0 spiro atoms. The van der Waals surface area contributed by atoms with Gasteiger partial charge in [-0.25, -0.2) is 0 Å². The number of halogens is 1. The molecule has 0 saturated carbocycles. The van der Waals surface area contributed by atoms with Crippen molar-refractivity contribution in [3.63, 3.8) is 0 Å². The van der Waals surface area contributed by atoms with Crippen LogP contribution in [0.1, 0.15) is 35.2 Å². The number of aliphatic hydroxyl groups is 1. The number of nitrogens with zero attached hydrogens (tertiary/aromatic N) is 1. The maximum Gasteiger partial charge on any atom is 0.307 e. The number of hydrogen-bond acceptors (Lipinski definition) is 5. The molecule has 0 bridgehead atoms. The van der Waals surface area contributed by atoms with Gasteiger partial charge in [0.1, 0.15) is 11.5 Å². The van der Waals surface area contributed by atoms with Crippen LogP contribution >= 0.6 is 11.6 Å². The van der Waals surface area contributed by atoms with Gasteiger partial charge in [-0.3, -0.25) is 19.3 Å². The third-order valence-electron chi connectivity index (χ3n) is 6.14. The number of aliphatic carboxylic acids is 1. The van der Waals surface area contributed by atoms with E-state index in [9.17, 15) is 19.5 Å². The number of ether oxygens (including phenoxy) is 1. The number of carboxylic acid groups (broad SMARTS) is 1. The fourth-order valence-electron chi connectivity index (χ4n) is 4.27. The van der Waals surface area contributed by atoms with Crippen LogP contribution in [0.2, 0.25) is 5.02 Å². The fraction of sp³-hybridized carbons (Fsp3) is 0.179. The van der Waals surface area contributed by atoms with Gasteiger partial charge in [0, 0.05) is 11.3 Å². The van der Waals surface area contributed by atoms with E-state index in [-0.39, 0.29) is 28.3 Å². The van der Waals surface area contributed by atoms with E-state index in [1.165, 1.54) is 18.1 Å². The second-order valence-corrected chi connectivity index (χ2v) is 8.76. The van der Waals surface area contributed by atoms with Gasteiger partial charge in [-0.15, -0.1) is 0 Å². The van der Waals surface area contributed by atoms with Gasteiger partial charge in [0.05, 0.1) is 30.2 Å². The summed E-state index contributed by atoms with van der Waals surface area (Å²) >= 11 is 6.24. The number of rotatable bonds is 7. The molecule has 1 saturated heterocycles. The maximum atomic E-state index is 13.3. The van der Waals surface area contributed by atoms with E-state index in [1.54, 1.807) is 36.4 Å². The Labute approximate surface area is 213 Å². The number of anilines is 1. The molecule has 1 atom stereocenters. The van der Waals surface area contributed by atoms with Crippen LogP contribution in [0.15, 0.2) is 72.3 Å². The number of ketones is 1. The monoisotopic (exact) mass is 505 g/mol. The second kappa shape index (κ2) is 10.3. The standard InChI is InChI=1S/C28H24ClNO6/c1-3-16-4-8-18(9-5-16)25-24(26(33)19-10-13-22(36-2)21(29)15-19)27(34)28(35)30(25)20-11-6-17(7-12-20)14-23(31)32/h4-13,15,25,33H,3,14H2,1-2H3,(H,31,32)/b26-24-. The SMILES string of the molecule is CCc1ccc(C2/C(=C(/O)c3ccc(OC)c(Cl)c3)C(=O)C(=O)N2c2ccc(CC(=O)O)cc2)cc1. The van der Waals surface area contributed by atoms with Gasteiger partial charge in [-0.2, -0.15) is 0 Å². The first-order valence-corrected chi connectivity index (χ1v) is 11.7. The van der Waals surface area contributed by atoms with E-state index in [0.29, 0.717) is 22.6 Å². The lowest BCUT2D eigenvalue weighted by Crippen LogP contribution is -2.29. The smallest absolute Gasteiger partial charge is 0.307 e. The number of methoxy groups -OCH3 is 1. The molecule has 1 fully saturated rings. The highest BCUT2D eigenvalue weighted by atomic mass is 35.5. The molecule has 0 radical (unpaired) electrons. The molecule has 184 valence electrons. The quantitative estimate of drug-likeness (QED) is 0.261. The summed E-state index contributed by atoms with van der Waals surface area (Å²) in [5.41, 5.74) is 2.88. The van der Waals surface area contributed by atoms with Crippen LogP contribution < -0.4 is 9.64 Å². The molecule has 1 amide bonds. The Morgan fingerprint density at radius 3 is 2.17 bits per heavy atom. The predicted octanol–water partition coefficient (Wildman–Crippen LogP) is 5.16. The number of carbonyl (C=O) groups excluding carboxylic acids is 2. The highest BCUT2D eigenvalue weighted by molar-refractivity contribution is 6.51. The molecule has 1 heterocycles. The molecular weight excluding hydrogens is 482 g/mol. The van der Waals surface area contributed by atoms with Gasteiger partial charge in [-0.05, 0) is 53.4 Å². The molecule has 8 heteroatoms.